The summed E-state index contributed by atoms with van der Waals surface area (Å²) in [5.74, 6) is -1.87. The van der Waals surface area contributed by atoms with Gasteiger partial charge in [-0.2, -0.15) is 0 Å². The number of hydrogen-bond donors (Lipinski definition) is 8. The molecule has 0 aromatic carbocycles. The Labute approximate surface area is 179 Å². The lowest BCUT2D eigenvalue weighted by Crippen LogP contribution is -2.01. The average Bonchev–Trinajstić information content (AvgIpc) is 2.56. The van der Waals surface area contributed by atoms with Crippen molar-refractivity contribution in [3.63, 3.8) is 0 Å². The first-order valence-corrected chi connectivity index (χ1v) is 9.46. The minimum absolute atomic E-state index is 0.176. The molecule has 0 spiro atoms. The van der Waals surface area contributed by atoms with Gasteiger partial charge in [-0.1, -0.05) is 53.2 Å². The first kappa shape index (κ1) is 38.7. The van der Waals surface area contributed by atoms with E-state index in [-0.39, 0.29) is 11.1 Å². The van der Waals surface area contributed by atoms with E-state index >= 15 is 0 Å². The van der Waals surface area contributed by atoms with E-state index in [1.165, 1.54) is 13.8 Å². The van der Waals surface area contributed by atoms with Gasteiger partial charge in [0.1, 0.15) is 0 Å². The lowest BCUT2D eigenvalue weighted by molar-refractivity contribution is -0.133. The van der Waals surface area contributed by atoms with E-state index in [4.69, 9.17) is 40.9 Å². The van der Waals surface area contributed by atoms with Crippen LogP contribution >= 0.6 is 0 Å². The summed E-state index contributed by atoms with van der Waals surface area (Å²) in [5, 5.41) is 64.4. The Bertz CT molecular complexity index is 346. The number of aliphatic hydroxyl groups excluding tert-OH is 3. The summed E-state index contributed by atoms with van der Waals surface area (Å²) < 4.78 is 0. The Kier molecular flexibility index (Phi) is 37.9. The predicted octanol–water partition coefficient (Wildman–Crippen LogP) is 1.59. The molecule has 0 amide bonds. The van der Waals surface area contributed by atoms with Crippen molar-refractivity contribution < 1.29 is 50.4 Å². The molecular formula is C20H42O10. The molecule has 182 valence electrons. The van der Waals surface area contributed by atoms with Crippen LogP contribution in [-0.4, -0.2) is 71.7 Å². The summed E-state index contributed by atoms with van der Waals surface area (Å²) in [4.78, 5) is 19.2. The van der Waals surface area contributed by atoms with Crippen LogP contribution in [0.4, 0.5) is 0 Å². The van der Waals surface area contributed by atoms with Crippen molar-refractivity contribution in [3.8, 4) is 0 Å². The number of aliphatic carboxylic acids is 2. The van der Waals surface area contributed by atoms with Crippen molar-refractivity contribution in [2.24, 2.45) is 0 Å². The summed E-state index contributed by atoms with van der Waals surface area (Å²) >= 11 is 0. The second-order valence-corrected chi connectivity index (χ2v) is 5.98. The Hall–Kier alpha value is -1.82. The summed E-state index contributed by atoms with van der Waals surface area (Å²) in [6.07, 6.45) is 0.646. The zero-order valence-corrected chi connectivity index (χ0v) is 18.8. The van der Waals surface area contributed by atoms with E-state index in [9.17, 15) is 9.59 Å². The Morgan fingerprint density at radius 1 is 0.600 bits per heavy atom. The Morgan fingerprint density at radius 2 is 0.733 bits per heavy atom. The molecule has 8 N–H and O–H groups in total. The Morgan fingerprint density at radius 3 is 0.733 bits per heavy atom. The highest BCUT2D eigenvalue weighted by molar-refractivity contribution is 5.85. The highest BCUT2D eigenvalue weighted by Gasteiger charge is 1.91. The molecule has 0 atom stereocenters. The molecule has 0 saturated heterocycles. The third kappa shape index (κ3) is 72.0. The fourth-order valence-corrected chi connectivity index (χ4v) is 0.775. The van der Waals surface area contributed by atoms with E-state index in [1.807, 2.05) is 20.8 Å². The number of carboxylic acid groups (broad SMARTS) is 2. The van der Waals surface area contributed by atoms with Gasteiger partial charge < -0.3 is 40.9 Å². The van der Waals surface area contributed by atoms with Crippen molar-refractivity contribution in [2.45, 2.75) is 92.0 Å². The van der Waals surface area contributed by atoms with Gasteiger partial charge >= 0.3 is 11.9 Å². The van der Waals surface area contributed by atoms with Crippen LogP contribution in [0.3, 0.4) is 0 Å². The van der Waals surface area contributed by atoms with Crippen LogP contribution in [0.25, 0.3) is 0 Å². The fourth-order valence-electron chi connectivity index (χ4n) is 0.775. The van der Waals surface area contributed by atoms with Crippen LogP contribution in [0, 0.1) is 0 Å². The van der Waals surface area contributed by atoms with Crippen molar-refractivity contribution >= 4 is 11.9 Å². The van der Waals surface area contributed by atoms with Crippen LogP contribution in [0.1, 0.15) is 73.1 Å². The van der Waals surface area contributed by atoms with E-state index in [1.54, 1.807) is 0 Å². The van der Waals surface area contributed by atoms with Crippen LogP contribution in [0.15, 0.2) is 24.3 Å². The molecule has 0 fully saturated rings. The van der Waals surface area contributed by atoms with Gasteiger partial charge in [-0.05, 0) is 33.1 Å². The molecule has 0 saturated carbocycles. The minimum Gasteiger partial charge on any atom is -0.478 e. The monoisotopic (exact) mass is 442 g/mol. The van der Waals surface area contributed by atoms with Gasteiger partial charge in [-0.15, -0.1) is 0 Å². The average molecular weight is 443 g/mol. The number of aliphatic hydroxyl groups is 6. The molecule has 10 nitrogen and oxygen atoms in total. The van der Waals surface area contributed by atoms with Gasteiger partial charge in [0, 0.05) is 11.1 Å². The highest BCUT2D eigenvalue weighted by atomic mass is 16.5. The standard InChI is InChI=1S/2C4H6O2.3C4H10O2/c2*1-3(2)4(5)6;3*1-2-3-4(5)6/h2*1H2,2H3,(H,5,6);3*4-6H,2-3H2,1H3. The van der Waals surface area contributed by atoms with Gasteiger partial charge in [0.15, 0.2) is 18.9 Å². The minimum atomic E-state index is -1.10. The molecule has 0 aliphatic heterocycles. The molecule has 30 heavy (non-hydrogen) atoms. The Balaban J connectivity index is -0.0000000868. The fraction of sp³-hybridized carbons (Fsp3) is 0.700. The molecular weight excluding hydrogens is 400 g/mol. The molecule has 0 aromatic heterocycles. The van der Waals surface area contributed by atoms with Crippen LogP contribution in [-0.2, 0) is 9.59 Å². The normalized spacial score (nSPS) is 9.00. The van der Waals surface area contributed by atoms with E-state index in [0.717, 1.165) is 19.3 Å². The zero-order chi connectivity index (χ0) is 25.3. The van der Waals surface area contributed by atoms with Gasteiger partial charge in [0.25, 0.3) is 0 Å². The largest absolute Gasteiger partial charge is 0.478 e. The third-order valence-corrected chi connectivity index (χ3v) is 2.37. The zero-order valence-electron chi connectivity index (χ0n) is 18.8. The van der Waals surface area contributed by atoms with Gasteiger partial charge in [-0.3, -0.25) is 0 Å². The third-order valence-electron chi connectivity index (χ3n) is 2.37. The molecule has 0 bridgehead atoms. The number of carbonyl (C=O) groups is 2. The topological polar surface area (TPSA) is 196 Å². The van der Waals surface area contributed by atoms with Gasteiger partial charge in [0.2, 0.25) is 0 Å². The van der Waals surface area contributed by atoms with Gasteiger partial charge in [-0.25, -0.2) is 9.59 Å². The summed E-state index contributed by atoms with van der Waals surface area (Å²) in [6.45, 7) is 14.9. The molecule has 0 heterocycles. The summed E-state index contributed by atoms with van der Waals surface area (Å²) in [6, 6.07) is 0. The smallest absolute Gasteiger partial charge is 0.330 e. The lowest BCUT2D eigenvalue weighted by Gasteiger charge is -1.94. The molecule has 10 heteroatoms. The highest BCUT2D eigenvalue weighted by Crippen LogP contribution is 1.89. The van der Waals surface area contributed by atoms with Crippen LogP contribution in [0.5, 0.6) is 0 Å². The molecule has 0 aliphatic rings. The van der Waals surface area contributed by atoms with E-state index < -0.39 is 30.8 Å². The summed E-state index contributed by atoms with van der Waals surface area (Å²) in [5.41, 5.74) is 0.352. The lowest BCUT2D eigenvalue weighted by atomic mass is 10.3. The molecule has 0 aliphatic carbocycles. The molecule has 0 aromatic rings. The number of rotatable bonds is 8. The SMILES string of the molecule is C=C(C)C(=O)O.C=C(C)C(=O)O.CCCC(O)O.CCCC(O)O.CCCC(O)O. The maximum absolute atomic E-state index is 9.60. The predicted molar refractivity (Wildman–Crippen MR) is 114 cm³/mol. The molecule has 0 rings (SSSR count). The second-order valence-electron chi connectivity index (χ2n) is 5.98. The van der Waals surface area contributed by atoms with Crippen molar-refractivity contribution in [2.75, 3.05) is 0 Å². The maximum Gasteiger partial charge on any atom is 0.330 e. The van der Waals surface area contributed by atoms with Crippen molar-refractivity contribution in [1.29, 1.82) is 0 Å². The number of carboxylic acids is 2. The quantitative estimate of drug-likeness (QED) is 0.202. The maximum atomic E-state index is 9.60. The van der Waals surface area contributed by atoms with E-state index in [2.05, 4.69) is 13.2 Å². The second kappa shape index (κ2) is 29.4. The van der Waals surface area contributed by atoms with E-state index in [0.29, 0.717) is 19.3 Å². The molecule has 0 unspecified atom stereocenters. The molecule has 0 radical (unpaired) electrons. The summed E-state index contributed by atoms with van der Waals surface area (Å²) in [7, 11) is 0. The van der Waals surface area contributed by atoms with Crippen LogP contribution < -0.4 is 0 Å². The van der Waals surface area contributed by atoms with Crippen LogP contribution in [0.2, 0.25) is 0 Å². The van der Waals surface area contributed by atoms with Crippen molar-refractivity contribution in [3.05, 3.63) is 24.3 Å². The first-order chi connectivity index (χ1) is 13.6. The van der Waals surface area contributed by atoms with Gasteiger partial charge in [0.05, 0.1) is 0 Å². The first-order valence-electron chi connectivity index (χ1n) is 9.46. The number of hydrogen-bond acceptors (Lipinski definition) is 8. The van der Waals surface area contributed by atoms with Crippen molar-refractivity contribution in [1.82, 2.24) is 0 Å².